The lowest BCUT2D eigenvalue weighted by Gasteiger charge is -2.27. The normalized spacial score (nSPS) is 15.0. The van der Waals surface area contributed by atoms with E-state index in [0.717, 1.165) is 28.8 Å². The zero-order chi connectivity index (χ0) is 20.9. The van der Waals surface area contributed by atoms with Gasteiger partial charge in [-0.1, -0.05) is 55.8 Å². The Kier molecular flexibility index (Phi) is 7.28. The minimum Gasteiger partial charge on any atom is -0.349 e. The summed E-state index contributed by atoms with van der Waals surface area (Å²) in [7, 11) is 0. The fourth-order valence-corrected chi connectivity index (χ4v) is 3.67. The first kappa shape index (κ1) is 22.0. The van der Waals surface area contributed by atoms with Crippen molar-refractivity contribution in [1.82, 2.24) is 5.32 Å². The van der Waals surface area contributed by atoms with Crippen LogP contribution in [0.5, 0.6) is 0 Å². The molecule has 0 fully saturated rings. The van der Waals surface area contributed by atoms with Gasteiger partial charge in [0.05, 0.1) is 11.6 Å². The maximum absolute atomic E-state index is 13.0. The van der Waals surface area contributed by atoms with Crippen molar-refractivity contribution in [3.63, 3.8) is 0 Å². The van der Waals surface area contributed by atoms with E-state index in [0.29, 0.717) is 12.8 Å². The summed E-state index contributed by atoms with van der Waals surface area (Å²) in [5.74, 6) is -0.491. The molecule has 152 valence electrons. The fraction of sp³-hybridized carbons (Fsp3) is 0.435. The van der Waals surface area contributed by atoms with Gasteiger partial charge in [0.15, 0.2) is 0 Å². The molecule has 0 saturated carbocycles. The van der Waals surface area contributed by atoms with E-state index < -0.39 is 11.7 Å². The highest BCUT2D eigenvalue weighted by molar-refractivity contribution is 5.80. The first-order chi connectivity index (χ1) is 13.2. The van der Waals surface area contributed by atoms with Gasteiger partial charge in [-0.3, -0.25) is 4.79 Å². The van der Waals surface area contributed by atoms with Crippen molar-refractivity contribution in [3.05, 3.63) is 70.8 Å². The Hall–Kier alpha value is -2.30. The summed E-state index contributed by atoms with van der Waals surface area (Å²) in [6.45, 7) is 7.85. The molecule has 2 nitrogen and oxygen atoms in total. The molecule has 0 unspecified atom stereocenters. The molecule has 0 spiro atoms. The van der Waals surface area contributed by atoms with Gasteiger partial charge in [-0.15, -0.1) is 0 Å². The number of hydrogen-bond acceptors (Lipinski definition) is 1. The Bertz CT molecular complexity index is 783. The Morgan fingerprint density at radius 2 is 1.64 bits per heavy atom. The van der Waals surface area contributed by atoms with E-state index in [1.54, 1.807) is 0 Å². The number of halogens is 3. The molecule has 0 bridgehead atoms. The van der Waals surface area contributed by atoms with E-state index in [1.807, 2.05) is 52.0 Å². The third kappa shape index (κ3) is 5.37. The number of aryl methyl sites for hydroxylation is 1. The average Bonchev–Trinajstić information content (AvgIpc) is 2.65. The van der Waals surface area contributed by atoms with E-state index in [9.17, 15) is 18.0 Å². The number of carbonyl (C=O) groups excluding carboxylic acids is 1. The van der Waals surface area contributed by atoms with Crippen molar-refractivity contribution < 1.29 is 18.0 Å². The van der Waals surface area contributed by atoms with Crippen molar-refractivity contribution in [2.45, 2.75) is 58.7 Å². The molecule has 5 heteroatoms. The second-order valence-electron chi connectivity index (χ2n) is 7.29. The predicted octanol–water partition coefficient (Wildman–Crippen LogP) is 6.41. The van der Waals surface area contributed by atoms with Crippen LogP contribution < -0.4 is 5.32 Å². The average molecular weight is 391 g/mol. The van der Waals surface area contributed by atoms with Crippen molar-refractivity contribution in [1.29, 1.82) is 0 Å². The molecule has 3 atom stereocenters. The lowest BCUT2D eigenvalue weighted by molar-refractivity contribution is -0.137. The lowest BCUT2D eigenvalue weighted by atomic mass is 9.81. The third-order valence-corrected chi connectivity index (χ3v) is 5.27. The molecule has 2 aromatic carbocycles. The monoisotopic (exact) mass is 391 g/mol. The number of nitrogens with one attached hydrogen (secondary N) is 1. The third-order valence-electron chi connectivity index (χ3n) is 5.27. The summed E-state index contributed by atoms with van der Waals surface area (Å²) in [5, 5.41) is 3.08. The van der Waals surface area contributed by atoms with Crippen LogP contribution in [-0.2, 0) is 11.0 Å². The van der Waals surface area contributed by atoms with E-state index >= 15 is 0 Å². The van der Waals surface area contributed by atoms with Gasteiger partial charge in [-0.2, -0.15) is 13.2 Å². The van der Waals surface area contributed by atoms with Gasteiger partial charge in [-0.25, -0.2) is 0 Å². The maximum atomic E-state index is 13.0. The van der Waals surface area contributed by atoms with Crippen LogP contribution in [0.4, 0.5) is 13.2 Å². The first-order valence-electron chi connectivity index (χ1n) is 9.71. The van der Waals surface area contributed by atoms with Crippen LogP contribution in [0.25, 0.3) is 0 Å². The summed E-state index contributed by atoms with van der Waals surface area (Å²) in [4.78, 5) is 13.0. The number of alkyl halides is 3. The van der Waals surface area contributed by atoms with E-state index in [-0.39, 0.29) is 23.8 Å². The molecule has 2 aromatic rings. The van der Waals surface area contributed by atoms with Crippen LogP contribution in [0.2, 0.25) is 0 Å². The van der Waals surface area contributed by atoms with E-state index in [2.05, 4.69) is 5.32 Å². The molecule has 1 amide bonds. The summed E-state index contributed by atoms with van der Waals surface area (Å²) >= 11 is 0. The van der Waals surface area contributed by atoms with Crippen LogP contribution in [0.3, 0.4) is 0 Å². The zero-order valence-corrected chi connectivity index (χ0v) is 16.8. The van der Waals surface area contributed by atoms with Crippen molar-refractivity contribution >= 4 is 5.91 Å². The number of amides is 1. The van der Waals surface area contributed by atoms with Crippen LogP contribution in [0.1, 0.15) is 67.8 Å². The van der Waals surface area contributed by atoms with Gasteiger partial charge in [0, 0.05) is 5.92 Å². The quantitative estimate of drug-likeness (QED) is 0.580. The summed E-state index contributed by atoms with van der Waals surface area (Å²) in [6.07, 6.45) is -3.06. The van der Waals surface area contributed by atoms with Crippen molar-refractivity contribution in [2.75, 3.05) is 0 Å². The van der Waals surface area contributed by atoms with Gasteiger partial charge in [-0.05, 0) is 55.9 Å². The fourth-order valence-electron chi connectivity index (χ4n) is 3.67. The van der Waals surface area contributed by atoms with Gasteiger partial charge in [0.25, 0.3) is 0 Å². The number of carbonyl (C=O) groups is 1. The molecular formula is C23H28F3NO. The summed E-state index contributed by atoms with van der Waals surface area (Å²) in [5.41, 5.74) is 2.25. The zero-order valence-electron chi connectivity index (χ0n) is 16.8. The SMILES string of the molecule is CC[C@@H](C(=O)N[C@H](C)c1cccc(C)c1)[C@@H](CC)c1ccc(C(F)(F)F)cc1. The van der Waals surface area contributed by atoms with Crippen LogP contribution in [0, 0.1) is 12.8 Å². The van der Waals surface area contributed by atoms with Crippen LogP contribution in [-0.4, -0.2) is 5.91 Å². The molecule has 0 heterocycles. The Balaban J connectivity index is 2.17. The van der Waals surface area contributed by atoms with Gasteiger partial charge in [0.2, 0.25) is 5.91 Å². The van der Waals surface area contributed by atoms with Crippen LogP contribution >= 0.6 is 0 Å². The Labute approximate surface area is 165 Å². The molecule has 1 N–H and O–H groups in total. The van der Waals surface area contributed by atoms with Gasteiger partial charge < -0.3 is 5.32 Å². The van der Waals surface area contributed by atoms with Gasteiger partial charge in [0.1, 0.15) is 0 Å². The Morgan fingerprint density at radius 3 is 2.14 bits per heavy atom. The minimum absolute atomic E-state index is 0.0664. The highest BCUT2D eigenvalue weighted by atomic mass is 19.4. The molecule has 0 radical (unpaired) electrons. The minimum atomic E-state index is -4.36. The summed E-state index contributed by atoms with van der Waals surface area (Å²) < 4.78 is 38.5. The summed E-state index contributed by atoms with van der Waals surface area (Å²) in [6, 6.07) is 13.0. The highest BCUT2D eigenvalue weighted by Crippen LogP contribution is 2.34. The van der Waals surface area contributed by atoms with Crippen LogP contribution in [0.15, 0.2) is 48.5 Å². The molecule has 0 aromatic heterocycles. The first-order valence-corrected chi connectivity index (χ1v) is 9.71. The van der Waals surface area contributed by atoms with Gasteiger partial charge >= 0.3 is 6.18 Å². The molecule has 28 heavy (non-hydrogen) atoms. The molecule has 0 saturated heterocycles. The van der Waals surface area contributed by atoms with Crippen molar-refractivity contribution in [3.8, 4) is 0 Å². The number of rotatable bonds is 7. The largest absolute Gasteiger partial charge is 0.416 e. The number of hydrogen-bond donors (Lipinski definition) is 1. The predicted molar refractivity (Wildman–Crippen MR) is 106 cm³/mol. The molecule has 0 aliphatic heterocycles. The molecule has 2 rings (SSSR count). The van der Waals surface area contributed by atoms with E-state index in [4.69, 9.17) is 0 Å². The topological polar surface area (TPSA) is 29.1 Å². The molecule has 0 aliphatic rings. The van der Waals surface area contributed by atoms with E-state index in [1.165, 1.54) is 12.1 Å². The second kappa shape index (κ2) is 9.26. The molecular weight excluding hydrogens is 363 g/mol. The standard InChI is InChI=1S/C23H28F3NO/c1-5-20(17-10-12-19(13-11-17)23(24,25)26)21(6-2)22(28)27-16(4)18-9-7-8-15(3)14-18/h7-14,16,20-21H,5-6H2,1-4H3,(H,27,28)/t16-,20+,21-/m1/s1. The second-order valence-corrected chi connectivity index (χ2v) is 7.29. The number of benzene rings is 2. The van der Waals surface area contributed by atoms with Crippen molar-refractivity contribution in [2.24, 2.45) is 5.92 Å². The maximum Gasteiger partial charge on any atom is 0.416 e. The smallest absolute Gasteiger partial charge is 0.349 e. The molecule has 0 aliphatic carbocycles. The lowest BCUT2D eigenvalue weighted by Crippen LogP contribution is -2.35. The highest BCUT2D eigenvalue weighted by Gasteiger charge is 2.32. The Morgan fingerprint density at radius 1 is 1.00 bits per heavy atom.